The molecule has 0 aliphatic carbocycles. The molecule has 3 N–H and O–H groups in total. The molecule has 0 atom stereocenters. The molecule has 0 aliphatic rings. The zero-order valence-electron chi connectivity index (χ0n) is 7.42. The summed E-state index contributed by atoms with van der Waals surface area (Å²) in [5.74, 6) is 0.145. The molecule has 1 aromatic rings. The van der Waals surface area contributed by atoms with Crippen molar-refractivity contribution in [2.24, 2.45) is 5.73 Å². The number of nitrogens with two attached hydrogens (primary N) is 1. The normalized spacial score (nSPS) is 11.0. The Morgan fingerprint density at radius 3 is 2.77 bits per heavy atom. The molecule has 0 saturated carbocycles. The van der Waals surface area contributed by atoms with E-state index < -0.39 is 0 Å². The van der Waals surface area contributed by atoms with E-state index in [9.17, 15) is 5.11 Å². The van der Waals surface area contributed by atoms with Gasteiger partial charge in [-0.25, -0.2) is 0 Å². The molecule has 13 heavy (non-hydrogen) atoms. The number of halogens is 1. The second-order valence-corrected chi connectivity index (χ2v) is 3.21. The highest BCUT2D eigenvalue weighted by Crippen LogP contribution is 2.28. The molecule has 0 bridgehead atoms. The van der Waals surface area contributed by atoms with E-state index in [0.717, 1.165) is 11.1 Å². The number of hydrogen-bond donors (Lipinski definition) is 2. The number of benzene rings is 1. The molecule has 0 spiro atoms. The van der Waals surface area contributed by atoms with Crippen molar-refractivity contribution in [2.75, 3.05) is 6.54 Å². The van der Waals surface area contributed by atoms with Gasteiger partial charge < -0.3 is 10.8 Å². The maximum atomic E-state index is 9.38. The first kappa shape index (κ1) is 10.1. The lowest BCUT2D eigenvalue weighted by atomic mass is 10.1. The summed E-state index contributed by atoms with van der Waals surface area (Å²) < 4.78 is 0. The van der Waals surface area contributed by atoms with Gasteiger partial charge in [0, 0.05) is 6.54 Å². The van der Waals surface area contributed by atoms with E-state index in [1.807, 2.05) is 18.2 Å². The maximum Gasteiger partial charge on any atom is 0.137 e. The SMILES string of the molecule is Cc1cc(/C=C/CN)cc(Cl)c1O. The Labute approximate surface area is 82.6 Å². The molecule has 1 aromatic carbocycles. The minimum absolute atomic E-state index is 0.145. The van der Waals surface area contributed by atoms with Crippen molar-refractivity contribution < 1.29 is 5.11 Å². The zero-order chi connectivity index (χ0) is 9.84. The Morgan fingerprint density at radius 2 is 2.23 bits per heavy atom. The summed E-state index contributed by atoms with van der Waals surface area (Å²) in [6, 6.07) is 3.56. The highest BCUT2D eigenvalue weighted by molar-refractivity contribution is 6.32. The van der Waals surface area contributed by atoms with Crippen LogP contribution in [-0.4, -0.2) is 11.7 Å². The average Bonchev–Trinajstić information content (AvgIpc) is 2.10. The van der Waals surface area contributed by atoms with Gasteiger partial charge in [0.25, 0.3) is 0 Å². The minimum Gasteiger partial charge on any atom is -0.506 e. The fourth-order valence-electron chi connectivity index (χ4n) is 1.06. The van der Waals surface area contributed by atoms with Crippen LogP contribution in [0, 0.1) is 6.92 Å². The Morgan fingerprint density at radius 1 is 1.54 bits per heavy atom. The van der Waals surface area contributed by atoms with Gasteiger partial charge in [-0.2, -0.15) is 0 Å². The lowest BCUT2D eigenvalue weighted by molar-refractivity contribution is 0.471. The molecule has 0 heterocycles. The number of phenols is 1. The van der Waals surface area contributed by atoms with Crippen molar-refractivity contribution in [1.82, 2.24) is 0 Å². The third kappa shape index (κ3) is 2.47. The van der Waals surface area contributed by atoms with Crippen LogP contribution in [0.3, 0.4) is 0 Å². The van der Waals surface area contributed by atoms with Gasteiger partial charge in [-0.15, -0.1) is 0 Å². The fraction of sp³-hybridized carbons (Fsp3) is 0.200. The van der Waals surface area contributed by atoms with Gasteiger partial charge in [0.2, 0.25) is 0 Å². The second kappa shape index (κ2) is 4.30. The standard InChI is InChI=1S/C10H12ClNO/c1-7-5-8(3-2-4-12)6-9(11)10(7)13/h2-3,5-6,13H,4,12H2,1H3/b3-2+. The van der Waals surface area contributed by atoms with Crippen LogP contribution in [0.2, 0.25) is 5.02 Å². The summed E-state index contributed by atoms with van der Waals surface area (Å²) in [4.78, 5) is 0. The summed E-state index contributed by atoms with van der Waals surface area (Å²) in [6.45, 7) is 2.30. The lowest BCUT2D eigenvalue weighted by Gasteiger charge is -2.02. The van der Waals surface area contributed by atoms with Gasteiger partial charge in [-0.05, 0) is 30.2 Å². The predicted molar refractivity (Wildman–Crippen MR) is 55.9 cm³/mol. The van der Waals surface area contributed by atoms with E-state index in [4.69, 9.17) is 17.3 Å². The van der Waals surface area contributed by atoms with E-state index in [0.29, 0.717) is 11.6 Å². The maximum absolute atomic E-state index is 9.38. The van der Waals surface area contributed by atoms with Crippen LogP contribution in [0.5, 0.6) is 5.75 Å². The van der Waals surface area contributed by atoms with Crippen molar-refractivity contribution in [2.45, 2.75) is 6.92 Å². The van der Waals surface area contributed by atoms with Crippen LogP contribution in [0.25, 0.3) is 6.08 Å². The molecule has 0 fully saturated rings. The molecule has 0 aromatic heterocycles. The Hall–Kier alpha value is -0.990. The molecule has 70 valence electrons. The third-order valence-corrected chi connectivity index (χ3v) is 2.01. The van der Waals surface area contributed by atoms with Crippen molar-refractivity contribution in [3.63, 3.8) is 0 Å². The van der Waals surface area contributed by atoms with Crippen molar-refractivity contribution >= 4 is 17.7 Å². The zero-order valence-corrected chi connectivity index (χ0v) is 8.17. The van der Waals surface area contributed by atoms with Crippen LogP contribution >= 0.6 is 11.6 Å². The van der Waals surface area contributed by atoms with Crippen LogP contribution in [0.15, 0.2) is 18.2 Å². The van der Waals surface area contributed by atoms with E-state index in [1.165, 1.54) is 0 Å². The van der Waals surface area contributed by atoms with Gasteiger partial charge in [0.15, 0.2) is 0 Å². The number of rotatable bonds is 2. The first-order valence-corrected chi connectivity index (χ1v) is 4.38. The van der Waals surface area contributed by atoms with E-state index >= 15 is 0 Å². The summed E-state index contributed by atoms with van der Waals surface area (Å²) >= 11 is 5.78. The number of hydrogen-bond acceptors (Lipinski definition) is 2. The van der Waals surface area contributed by atoms with Gasteiger partial charge in [-0.1, -0.05) is 23.8 Å². The van der Waals surface area contributed by atoms with E-state index in [-0.39, 0.29) is 5.75 Å². The predicted octanol–water partition coefficient (Wildman–Crippen LogP) is 2.33. The quantitative estimate of drug-likeness (QED) is 0.765. The molecular formula is C10H12ClNO. The highest BCUT2D eigenvalue weighted by Gasteiger charge is 2.02. The second-order valence-electron chi connectivity index (χ2n) is 2.81. The molecule has 0 unspecified atom stereocenters. The van der Waals surface area contributed by atoms with Crippen molar-refractivity contribution in [3.8, 4) is 5.75 Å². The first-order chi connectivity index (χ1) is 6.15. The molecular weight excluding hydrogens is 186 g/mol. The van der Waals surface area contributed by atoms with Crippen LogP contribution in [0.1, 0.15) is 11.1 Å². The summed E-state index contributed by atoms with van der Waals surface area (Å²) in [7, 11) is 0. The minimum atomic E-state index is 0.145. The average molecular weight is 198 g/mol. The van der Waals surface area contributed by atoms with Crippen LogP contribution in [0.4, 0.5) is 0 Å². The summed E-state index contributed by atoms with van der Waals surface area (Å²) in [5, 5.41) is 9.75. The highest BCUT2D eigenvalue weighted by atomic mass is 35.5. The third-order valence-electron chi connectivity index (χ3n) is 1.72. The molecule has 0 amide bonds. The number of aromatic hydroxyl groups is 1. The molecule has 0 saturated heterocycles. The first-order valence-electron chi connectivity index (χ1n) is 4.01. The van der Waals surface area contributed by atoms with Crippen LogP contribution in [-0.2, 0) is 0 Å². The smallest absolute Gasteiger partial charge is 0.137 e. The number of aryl methyl sites for hydroxylation is 1. The molecule has 1 rings (SSSR count). The molecule has 3 heteroatoms. The number of phenolic OH excluding ortho intramolecular Hbond substituents is 1. The summed E-state index contributed by atoms with van der Waals surface area (Å²) in [6.07, 6.45) is 3.71. The molecule has 2 nitrogen and oxygen atoms in total. The van der Waals surface area contributed by atoms with Gasteiger partial charge in [0.1, 0.15) is 5.75 Å². The van der Waals surface area contributed by atoms with Crippen molar-refractivity contribution in [3.05, 3.63) is 34.4 Å². The van der Waals surface area contributed by atoms with Crippen LogP contribution < -0.4 is 5.73 Å². The largest absolute Gasteiger partial charge is 0.506 e. The topological polar surface area (TPSA) is 46.2 Å². The van der Waals surface area contributed by atoms with Gasteiger partial charge in [0.05, 0.1) is 5.02 Å². The van der Waals surface area contributed by atoms with Gasteiger partial charge >= 0.3 is 0 Å². The Kier molecular flexibility index (Phi) is 3.34. The van der Waals surface area contributed by atoms with Gasteiger partial charge in [-0.3, -0.25) is 0 Å². The fourth-order valence-corrected chi connectivity index (χ4v) is 1.34. The monoisotopic (exact) mass is 197 g/mol. The lowest BCUT2D eigenvalue weighted by Crippen LogP contribution is -1.92. The Balaban J connectivity index is 3.06. The summed E-state index contributed by atoms with van der Waals surface area (Å²) in [5.41, 5.74) is 7.03. The van der Waals surface area contributed by atoms with Crippen molar-refractivity contribution in [1.29, 1.82) is 0 Å². The molecule has 0 aliphatic heterocycles. The van der Waals surface area contributed by atoms with E-state index in [1.54, 1.807) is 13.0 Å². The molecule has 0 radical (unpaired) electrons. The van der Waals surface area contributed by atoms with E-state index in [2.05, 4.69) is 0 Å². The Bertz CT molecular complexity index is 311.